The number of nitrogens with two attached hydrogens (primary N) is 2. The average molecular weight is 175 g/mol. The second-order valence-corrected chi connectivity index (χ2v) is 1.47. The van der Waals surface area contributed by atoms with E-state index < -0.39 is 11.9 Å². The molecule has 0 amide bonds. The Morgan fingerprint density at radius 3 is 1.33 bits per heavy atom. The minimum Gasteiger partial charge on any atom is -0.478 e. The van der Waals surface area contributed by atoms with Crippen LogP contribution in [-0.2, 0) is 9.59 Å². The van der Waals surface area contributed by atoms with E-state index in [1.807, 2.05) is 0 Å². The van der Waals surface area contributed by atoms with E-state index in [0.29, 0.717) is 12.2 Å². The Kier molecular flexibility index (Phi) is 7.42. The van der Waals surface area contributed by atoms with Gasteiger partial charge in [-0.2, -0.15) is 0 Å². The molecule has 0 aromatic heterocycles. The highest BCUT2D eigenvalue weighted by Gasteiger charge is 1.88. The second-order valence-electron chi connectivity index (χ2n) is 1.47. The zero-order valence-electron chi connectivity index (χ0n) is 6.02. The van der Waals surface area contributed by atoms with Gasteiger partial charge in [0.1, 0.15) is 0 Å². The van der Waals surface area contributed by atoms with Crippen molar-refractivity contribution in [1.29, 1.82) is 5.41 Å². The van der Waals surface area contributed by atoms with E-state index in [2.05, 4.69) is 11.5 Å². The van der Waals surface area contributed by atoms with E-state index in [-0.39, 0.29) is 5.96 Å². The minimum absolute atomic E-state index is 0.333. The standard InChI is InChI=1S/C4H4O4.CH5N3/c5-3(6)1-2-4(7)8;2-1(3)4/h1-2H,(H,5,6)(H,7,8);(H5,2,3,4)/b2-1-;. The molecule has 0 fully saturated rings. The van der Waals surface area contributed by atoms with Crippen LogP contribution >= 0.6 is 0 Å². The van der Waals surface area contributed by atoms with E-state index in [4.69, 9.17) is 15.6 Å². The number of aliphatic carboxylic acids is 2. The van der Waals surface area contributed by atoms with Crippen LogP contribution in [0.2, 0.25) is 0 Å². The Morgan fingerprint density at radius 2 is 1.25 bits per heavy atom. The van der Waals surface area contributed by atoms with Crippen LogP contribution in [0, 0.1) is 5.41 Å². The van der Waals surface area contributed by atoms with Crippen molar-refractivity contribution < 1.29 is 19.8 Å². The lowest BCUT2D eigenvalue weighted by atomic mass is 10.5. The summed E-state index contributed by atoms with van der Waals surface area (Å²) < 4.78 is 0. The molecular formula is C5H9N3O4. The van der Waals surface area contributed by atoms with Gasteiger partial charge in [-0.15, -0.1) is 0 Å². The van der Waals surface area contributed by atoms with Gasteiger partial charge in [-0.1, -0.05) is 0 Å². The van der Waals surface area contributed by atoms with Crippen LogP contribution in [0.15, 0.2) is 12.2 Å². The third kappa shape index (κ3) is 44.1. The van der Waals surface area contributed by atoms with Crippen molar-refractivity contribution in [1.82, 2.24) is 0 Å². The summed E-state index contributed by atoms with van der Waals surface area (Å²) in [7, 11) is 0. The van der Waals surface area contributed by atoms with Crippen molar-refractivity contribution in [3.63, 3.8) is 0 Å². The third-order valence-corrected chi connectivity index (χ3v) is 0.368. The molecule has 7 N–H and O–H groups in total. The minimum atomic E-state index is -1.26. The summed E-state index contributed by atoms with van der Waals surface area (Å²) in [5.74, 6) is -2.85. The Labute approximate surface area is 67.8 Å². The summed E-state index contributed by atoms with van der Waals surface area (Å²) in [4.78, 5) is 19.1. The molecule has 0 unspecified atom stereocenters. The molecule has 0 aromatic carbocycles. The first-order chi connectivity index (χ1) is 5.36. The lowest BCUT2D eigenvalue weighted by Gasteiger charge is -1.74. The second kappa shape index (κ2) is 7.06. The van der Waals surface area contributed by atoms with Crippen LogP contribution in [0.5, 0.6) is 0 Å². The van der Waals surface area contributed by atoms with Crippen LogP contribution in [0.4, 0.5) is 0 Å². The van der Waals surface area contributed by atoms with Gasteiger partial charge >= 0.3 is 11.9 Å². The summed E-state index contributed by atoms with van der Waals surface area (Å²) in [5, 5.41) is 21.7. The molecule has 0 radical (unpaired) electrons. The van der Waals surface area contributed by atoms with Crippen molar-refractivity contribution in [3.8, 4) is 0 Å². The molecule has 7 nitrogen and oxygen atoms in total. The summed E-state index contributed by atoms with van der Waals surface area (Å²) in [6.07, 6.45) is 1.12. The van der Waals surface area contributed by atoms with E-state index in [9.17, 15) is 9.59 Å². The predicted octanol–water partition coefficient (Wildman–Crippen LogP) is -1.45. The Bertz CT molecular complexity index is 191. The molecule has 7 heteroatoms. The molecule has 0 saturated heterocycles. The molecule has 0 atom stereocenters. The van der Waals surface area contributed by atoms with Gasteiger partial charge in [-0.25, -0.2) is 9.59 Å². The summed E-state index contributed by atoms with van der Waals surface area (Å²) in [6, 6.07) is 0. The summed E-state index contributed by atoms with van der Waals surface area (Å²) in [6.45, 7) is 0. The Balaban J connectivity index is 0. The van der Waals surface area contributed by atoms with Gasteiger partial charge in [0.2, 0.25) is 0 Å². The number of carbonyl (C=O) groups is 2. The fraction of sp³-hybridized carbons (Fsp3) is 0. The number of carboxylic acids is 2. The maximum Gasteiger partial charge on any atom is 0.328 e. The van der Waals surface area contributed by atoms with E-state index in [1.54, 1.807) is 0 Å². The number of hydrogen-bond acceptors (Lipinski definition) is 3. The zero-order valence-corrected chi connectivity index (χ0v) is 6.02. The SMILES string of the molecule is N=C(N)N.O=C(O)/C=C\C(=O)O. The number of rotatable bonds is 2. The topological polar surface area (TPSA) is 150 Å². The van der Waals surface area contributed by atoms with Gasteiger partial charge in [-0.05, 0) is 0 Å². The molecular weight excluding hydrogens is 166 g/mol. The maximum atomic E-state index is 9.55. The number of nitrogens with one attached hydrogen (secondary N) is 1. The van der Waals surface area contributed by atoms with Crippen LogP contribution < -0.4 is 11.5 Å². The predicted molar refractivity (Wildman–Crippen MR) is 40.5 cm³/mol. The molecule has 0 spiro atoms. The highest BCUT2D eigenvalue weighted by Crippen LogP contribution is 1.70. The summed E-state index contributed by atoms with van der Waals surface area (Å²) >= 11 is 0. The fourth-order valence-corrected chi connectivity index (χ4v) is 0.143. The largest absolute Gasteiger partial charge is 0.478 e. The van der Waals surface area contributed by atoms with Crippen molar-refractivity contribution in [2.24, 2.45) is 11.5 Å². The van der Waals surface area contributed by atoms with Crippen LogP contribution in [0.25, 0.3) is 0 Å². The van der Waals surface area contributed by atoms with Crippen molar-refractivity contribution in [2.45, 2.75) is 0 Å². The van der Waals surface area contributed by atoms with Crippen LogP contribution in [0.3, 0.4) is 0 Å². The lowest BCUT2D eigenvalue weighted by Crippen LogP contribution is -2.20. The molecule has 0 aliphatic rings. The first kappa shape index (κ1) is 12.6. The van der Waals surface area contributed by atoms with E-state index >= 15 is 0 Å². The molecule has 0 aromatic rings. The normalized spacial score (nSPS) is 8.33. The van der Waals surface area contributed by atoms with Gasteiger partial charge in [0.05, 0.1) is 0 Å². The monoisotopic (exact) mass is 175 g/mol. The number of guanidine groups is 1. The molecule has 0 heterocycles. The Morgan fingerprint density at radius 1 is 1.08 bits per heavy atom. The molecule has 0 bridgehead atoms. The van der Waals surface area contributed by atoms with E-state index in [0.717, 1.165) is 0 Å². The van der Waals surface area contributed by atoms with Crippen molar-refractivity contribution >= 4 is 17.9 Å². The quantitative estimate of drug-likeness (QED) is 0.197. The third-order valence-electron chi connectivity index (χ3n) is 0.368. The van der Waals surface area contributed by atoms with Crippen molar-refractivity contribution in [2.75, 3.05) is 0 Å². The molecule has 0 saturated carbocycles. The smallest absolute Gasteiger partial charge is 0.328 e. The lowest BCUT2D eigenvalue weighted by molar-refractivity contribution is -0.134. The Hall–Kier alpha value is -2.05. The molecule has 0 rings (SSSR count). The average Bonchev–Trinajstić information content (AvgIpc) is 1.82. The van der Waals surface area contributed by atoms with E-state index in [1.165, 1.54) is 0 Å². The summed E-state index contributed by atoms with van der Waals surface area (Å²) in [5.41, 5.74) is 8.94. The molecule has 0 aliphatic heterocycles. The first-order valence-corrected chi connectivity index (χ1v) is 2.59. The van der Waals surface area contributed by atoms with Crippen molar-refractivity contribution in [3.05, 3.63) is 12.2 Å². The van der Waals surface area contributed by atoms with Crippen LogP contribution in [-0.4, -0.2) is 28.1 Å². The number of carboxylic acid groups (broad SMARTS) is 2. The van der Waals surface area contributed by atoms with Gasteiger partial charge in [0.25, 0.3) is 0 Å². The zero-order chi connectivity index (χ0) is 10.1. The highest BCUT2D eigenvalue weighted by atomic mass is 16.4. The van der Waals surface area contributed by atoms with Gasteiger partial charge < -0.3 is 21.7 Å². The number of hydrogen-bond donors (Lipinski definition) is 5. The molecule has 12 heavy (non-hydrogen) atoms. The maximum absolute atomic E-state index is 9.55. The molecule has 68 valence electrons. The molecule has 0 aliphatic carbocycles. The fourth-order valence-electron chi connectivity index (χ4n) is 0.143. The first-order valence-electron chi connectivity index (χ1n) is 2.59. The van der Waals surface area contributed by atoms with Gasteiger partial charge in [0.15, 0.2) is 5.96 Å². The van der Waals surface area contributed by atoms with Crippen LogP contribution in [0.1, 0.15) is 0 Å². The van der Waals surface area contributed by atoms with Gasteiger partial charge in [0, 0.05) is 12.2 Å². The van der Waals surface area contributed by atoms with Gasteiger partial charge in [-0.3, -0.25) is 5.41 Å². The highest BCUT2D eigenvalue weighted by molar-refractivity contribution is 5.89.